The van der Waals surface area contributed by atoms with Crippen molar-refractivity contribution in [3.8, 4) is 0 Å². The molecule has 0 aromatic heterocycles. The fourth-order valence-electron chi connectivity index (χ4n) is 4.46. The molecule has 0 fully saturated rings. The summed E-state index contributed by atoms with van der Waals surface area (Å²) in [7, 11) is -8.16. The van der Waals surface area contributed by atoms with Gasteiger partial charge in [0.15, 0.2) is 8.32 Å². The first kappa shape index (κ1) is 29.8. The summed E-state index contributed by atoms with van der Waals surface area (Å²) in [5.41, 5.74) is -5.60. The molecule has 0 N–H and O–H groups in total. The minimum Gasteiger partial charge on any atom is -0.444 e. The summed E-state index contributed by atoms with van der Waals surface area (Å²) in [5.74, 6) is -0.369. The third-order valence-electron chi connectivity index (χ3n) is 5.75. The van der Waals surface area contributed by atoms with Crippen molar-refractivity contribution in [2.45, 2.75) is 103 Å². The molecule has 0 saturated carbocycles. The van der Waals surface area contributed by atoms with Crippen LogP contribution in [0, 0.1) is 0 Å². The molecule has 0 aliphatic carbocycles. The van der Waals surface area contributed by atoms with Crippen molar-refractivity contribution in [3.63, 3.8) is 0 Å². The van der Waals surface area contributed by atoms with Crippen LogP contribution in [0.1, 0.15) is 68.7 Å². The first-order valence-electron chi connectivity index (χ1n) is 11.1. The molecular weight excluding hydrogens is 479 g/mol. The maximum atomic E-state index is 12.8. The largest absolute Gasteiger partial charge is 0.534 e. The zero-order chi connectivity index (χ0) is 26.0. The van der Waals surface area contributed by atoms with Gasteiger partial charge in [0.25, 0.3) is 0 Å². The Hall–Kier alpha value is -1.27. The molecule has 1 aliphatic rings. The maximum Gasteiger partial charge on any atom is 0.534 e. The SMILES string of the molecule is CC(C)[Si](OC[C@@H]1CC(OS(=O)(=O)C(F)(F)F)=CCN1C(=O)OC(C)(C)C)(C(C)C)C(C)C. The molecule has 0 spiro atoms. The molecule has 1 aliphatic heterocycles. The molecule has 1 atom stereocenters. The molecule has 0 saturated heterocycles. The molecule has 1 amide bonds. The van der Waals surface area contributed by atoms with E-state index >= 15 is 0 Å². The highest BCUT2D eigenvalue weighted by molar-refractivity contribution is 7.87. The van der Waals surface area contributed by atoms with Gasteiger partial charge in [0.05, 0.1) is 12.6 Å². The van der Waals surface area contributed by atoms with Crippen molar-refractivity contribution in [2.75, 3.05) is 13.2 Å². The van der Waals surface area contributed by atoms with Gasteiger partial charge in [0, 0.05) is 13.0 Å². The van der Waals surface area contributed by atoms with Gasteiger partial charge in [-0.05, 0) is 43.5 Å². The fraction of sp³-hybridized carbons (Fsp3) is 0.857. The van der Waals surface area contributed by atoms with Crippen molar-refractivity contribution >= 4 is 24.5 Å². The molecule has 33 heavy (non-hydrogen) atoms. The van der Waals surface area contributed by atoms with E-state index in [0.29, 0.717) is 0 Å². The second-order valence-corrected chi connectivity index (χ2v) is 17.3. The predicted octanol–water partition coefficient (Wildman–Crippen LogP) is 5.94. The molecule has 0 radical (unpaired) electrons. The minimum atomic E-state index is -5.81. The summed E-state index contributed by atoms with van der Waals surface area (Å²) >= 11 is 0. The molecule has 0 bridgehead atoms. The Morgan fingerprint density at radius 3 is 1.97 bits per heavy atom. The van der Waals surface area contributed by atoms with Crippen molar-refractivity contribution < 1.29 is 39.7 Å². The Balaban J connectivity index is 3.25. The summed E-state index contributed by atoms with van der Waals surface area (Å²) in [6.45, 7) is 17.5. The van der Waals surface area contributed by atoms with Crippen LogP contribution in [0.15, 0.2) is 11.8 Å². The lowest BCUT2D eigenvalue weighted by atomic mass is 10.1. The number of halogens is 3. The van der Waals surface area contributed by atoms with E-state index in [1.54, 1.807) is 20.8 Å². The molecule has 1 rings (SSSR count). The van der Waals surface area contributed by atoms with Crippen LogP contribution in [0.25, 0.3) is 0 Å². The molecule has 0 aromatic rings. The van der Waals surface area contributed by atoms with Crippen molar-refractivity contribution in [1.82, 2.24) is 4.90 Å². The second kappa shape index (κ2) is 10.6. The van der Waals surface area contributed by atoms with Crippen LogP contribution in [-0.2, 0) is 23.5 Å². The topological polar surface area (TPSA) is 82.1 Å². The monoisotopic (exact) mass is 517 g/mol. The first-order chi connectivity index (χ1) is 14.7. The smallest absolute Gasteiger partial charge is 0.444 e. The van der Waals surface area contributed by atoms with Crippen LogP contribution in [0.5, 0.6) is 0 Å². The average Bonchev–Trinajstić information content (AvgIpc) is 2.58. The predicted molar refractivity (Wildman–Crippen MR) is 122 cm³/mol. The van der Waals surface area contributed by atoms with Gasteiger partial charge in [-0.2, -0.15) is 21.6 Å². The van der Waals surface area contributed by atoms with Crippen molar-refractivity contribution in [3.05, 3.63) is 11.8 Å². The maximum absolute atomic E-state index is 12.8. The molecule has 12 heteroatoms. The Morgan fingerprint density at radius 1 is 1.09 bits per heavy atom. The number of nitrogens with zero attached hydrogens (tertiary/aromatic N) is 1. The van der Waals surface area contributed by atoms with E-state index < -0.39 is 41.7 Å². The van der Waals surface area contributed by atoms with Crippen LogP contribution in [0.2, 0.25) is 16.6 Å². The van der Waals surface area contributed by atoms with Crippen molar-refractivity contribution in [1.29, 1.82) is 0 Å². The van der Waals surface area contributed by atoms with Gasteiger partial charge >= 0.3 is 21.7 Å². The quantitative estimate of drug-likeness (QED) is 0.225. The highest BCUT2D eigenvalue weighted by Gasteiger charge is 2.50. The van der Waals surface area contributed by atoms with E-state index in [0.717, 1.165) is 6.08 Å². The third kappa shape index (κ3) is 7.35. The van der Waals surface area contributed by atoms with Crippen LogP contribution in [0.3, 0.4) is 0 Å². The van der Waals surface area contributed by atoms with Gasteiger partial charge in [0.2, 0.25) is 0 Å². The number of carbonyl (C=O) groups excluding carboxylic acids is 1. The Kier molecular flexibility index (Phi) is 9.52. The lowest BCUT2D eigenvalue weighted by Gasteiger charge is -2.44. The summed E-state index contributed by atoms with van der Waals surface area (Å²) < 4.78 is 77.8. The summed E-state index contributed by atoms with van der Waals surface area (Å²) in [4.78, 5) is 14.1. The lowest BCUT2D eigenvalue weighted by molar-refractivity contribution is -0.0529. The fourth-order valence-corrected chi connectivity index (χ4v) is 10.5. The van der Waals surface area contributed by atoms with Crippen LogP contribution in [0.4, 0.5) is 18.0 Å². The van der Waals surface area contributed by atoms with E-state index in [1.807, 2.05) is 0 Å². The Labute approximate surface area is 196 Å². The summed E-state index contributed by atoms with van der Waals surface area (Å²) in [6.07, 6.45) is 0.255. The van der Waals surface area contributed by atoms with Crippen LogP contribution < -0.4 is 0 Å². The molecule has 7 nitrogen and oxygen atoms in total. The number of carbonyl (C=O) groups is 1. The highest BCUT2D eigenvalue weighted by atomic mass is 32.2. The Morgan fingerprint density at radius 2 is 1.58 bits per heavy atom. The minimum absolute atomic E-state index is 0.0345. The standard InChI is InChI=1S/C21H38F3NO6SSi/c1-14(2)33(15(3)4,16(5)6)29-13-17-12-18(31-32(27,28)21(22,23)24)10-11-25(17)19(26)30-20(7,8)9/h10,14-17H,11-13H2,1-9H3/t17-/m0/s1. The van der Waals surface area contributed by atoms with E-state index in [-0.39, 0.29) is 42.0 Å². The molecular formula is C21H38F3NO6SSi. The van der Waals surface area contributed by atoms with Crippen LogP contribution in [-0.4, -0.2) is 58.0 Å². The number of amides is 1. The normalized spacial score (nSPS) is 18.7. The van der Waals surface area contributed by atoms with Gasteiger partial charge in [-0.1, -0.05) is 41.5 Å². The molecule has 194 valence electrons. The zero-order valence-corrected chi connectivity index (χ0v) is 22.8. The van der Waals surface area contributed by atoms with Gasteiger partial charge in [-0.3, -0.25) is 4.90 Å². The lowest BCUT2D eigenvalue weighted by Crippen LogP contribution is -2.53. The Bertz CT molecular complexity index is 797. The summed E-state index contributed by atoms with van der Waals surface area (Å²) in [5, 5.41) is 0. The zero-order valence-electron chi connectivity index (χ0n) is 20.9. The van der Waals surface area contributed by atoms with E-state index in [1.165, 1.54) is 4.90 Å². The molecule has 0 unspecified atom stereocenters. The number of hydrogen-bond donors (Lipinski definition) is 0. The second-order valence-electron chi connectivity index (χ2n) is 10.3. The van der Waals surface area contributed by atoms with E-state index in [2.05, 4.69) is 45.7 Å². The first-order valence-corrected chi connectivity index (χ1v) is 14.6. The van der Waals surface area contributed by atoms with Crippen LogP contribution >= 0.6 is 0 Å². The van der Waals surface area contributed by atoms with Gasteiger partial charge < -0.3 is 13.3 Å². The van der Waals surface area contributed by atoms with Gasteiger partial charge in [-0.15, -0.1) is 0 Å². The number of hydrogen-bond acceptors (Lipinski definition) is 6. The highest BCUT2D eigenvalue weighted by Crippen LogP contribution is 2.43. The van der Waals surface area contributed by atoms with E-state index in [9.17, 15) is 26.4 Å². The van der Waals surface area contributed by atoms with Crippen molar-refractivity contribution in [2.24, 2.45) is 0 Å². The third-order valence-corrected chi connectivity index (χ3v) is 12.8. The van der Waals surface area contributed by atoms with Gasteiger partial charge in [-0.25, -0.2) is 4.79 Å². The summed E-state index contributed by atoms with van der Waals surface area (Å²) in [6, 6.07) is -0.744. The molecule has 1 heterocycles. The van der Waals surface area contributed by atoms with Gasteiger partial charge in [0.1, 0.15) is 11.4 Å². The van der Waals surface area contributed by atoms with E-state index in [4.69, 9.17) is 9.16 Å². The molecule has 0 aromatic carbocycles. The number of rotatable bonds is 8. The average molecular weight is 518 g/mol. The number of alkyl halides is 3. The number of ether oxygens (including phenoxy) is 1.